The first-order chi connectivity index (χ1) is 13.8. The van der Waals surface area contributed by atoms with Gasteiger partial charge in [0.05, 0.1) is 12.1 Å². The van der Waals surface area contributed by atoms with Crippen LogP contribution in [0.2, 0.25) is 0 Å². The second-order valence-corrected chi connectivity index (χ2v) is 8.12. The highest BCUT2D eigenvalue weighted by molar-refractivity contribution is 7.99. The summed E-state index contributed by atoms with van der Waals surface area (Å²) in [6.45, 7) is 0.265. The van der Waals surface area contributed by atoms with Crippen LogP contribution in [0.5, 0.6) is 0 Å². The summed E-state index contributed by atoms with van der Waals surface area (Å²) in [7, 11) is 0. The molecule has 0 atom stereocenters. The molecule has 1 aliphatic carbocycles. The molecule has 6 nitrogen and oxygen atoms in total. The Labute approximate surface area is 171 Å². The van der Waals surface area contributed by atoms with Crippen molar-refractivity contribution in [3.63, 3.8) is 0 Å². The van der Waals surface area contributed by atoms with Crippen LogP contribution in [0.25, 0.3) is 0 Å². The number of carbonyl (C=O) groups is 1. The Morgan fingerprint density at radius 3 is 2.69 bits per heavy atom. The number of rotatable bonds is 8. The number of thioether (sulfide) groups is 1. The van der Waals surface area contributed by atoms with Gasteiger partial charge in [-0.3, -0.25) is 4.79 Å². The normalized spacial score (nSPS) is 15.4. The Morgan fingerprint density at radius 1 is 1.24 bits per heavy atom. The highest BCUT2D eigenvalue weighted by atomic mass is 32.2. The van der Waals surface area contributed by atoms with E-state index in [0.717, 1.165) is 43.0 Å². The van der Waals surface area contributed by atoms with Crippen LogP contribution in [0.1, 0.15) is 56.0 Å². The number of benzene rings is 1. The number of primary amides is 1. The quantitative estimate of drug-likeness (QED) is 0.611. The summed E-state index contributed by atoms with van der Waals surface area (Å²) in [4.78, 5) is 11.0. The fourth-order valence-corrected chi connectivity index (χ4v) is 4.44. The second-order valence-electron chi connectivity index (χ2n) is 7.06. The maximum atomic E-state index is 12.9. The van der Waals surface area contributed by atoms with Crippen molar-refractivity contribution in [3.8, 4) is 0 Å². The van der Waals surface area contributed by atoms with Crippen molar-refractivity contribution in [3.05, 3.63) is 35.7 Å². The Morgan fingerprint density at radius 2 is 2.00 bits per heavy atom. The fourth-order valence-electron chi connectivity index (χ4n) is 3.46. The first kappa shape index (κ1) is 21.5. The van der Waals surface area contributed by atoms with Gasteiger partial charge in [-0.25, -0.2) is 0 Å². The Hall–Kier alpha value is -2.23. The molecule has 0 unspecified atom stereocenters. The van der Waals surface area contributed by atoms with Crippen molar-refractivity contribution in [2.75, 3.05) is 11.1 Å². The zero-order valence-electron chi connectivity index (χ0n) is 15.9. The molecule has 1 saturated carbocycles. The number of hydrogen-bond acceptors (Lipinski definition) is 5. The molecule has 0 radical (unpaired) electrons. The van der Waals surface area contributed by atoms with Gasteiger partial charge in [0.2, 0.25) is 5.91 Å². The van der Waals surface area contributed by atoms with Crippen molar-refractivity contribution < 1.29 is 18.0 Å². The maximum absolute atomic E-state index is 12.9. The van der Waals surface area contributed by atoms with Crippen LogP contribution in [0.15, 0.2) is 29.4 Å². The third-order valence-corrected chi connectivity index (χ3v) is 5.84. The summed E-state index contributed by atoms with van der Waals surface area (Å²) in [6.07, 6.45) is 1.32. The number of aromatic nitrogens is 3. The van der Waals surface area contributed by atoms with Gasteiger partial charge in [-0.2, -0.15) is 13.2 Å². The smallest absolute Gasteiger partial charge is 0.378 e. The summed E-state index contributed by atoms with van der Waals surface area (Å²) in [5, 5.41) is 12.3. The van der Waals surface area contributed by atoms with Crippen LogP contribution in [0.3, 0.4) is 0 Å². The number of carbonyl (C=O) groups excluding carboxylic acids is 1. The van der Waals surface area contributed by atoms with Gasteiger partial charge in [0.1, 0.15) is 0 Å². The minimum atomic E-state index is -4.38. The van der Waals surface area contributed by atoms with Crippen LogP contribution in [-0.4, -0.2) is 26.4 Å². The third kappa shape index (κ3) is 5.88. The molecule has 1 aromatic carbocycles. The van der Waals surface area contributed by atoms with E-state index in [-0.39, 0.29) is 24.9 Å². The largest absolute Gasteiger partial charge is 0.416 e. The molecule has 10 heteroatoms. The minimum Gasteiger partial charge on any atom is -0.378 e. The van der Waals surface area contributed by atoms with E-state index < -0.39 is 11.7 Å². The standard InChI is InChI=1S/C19H24F3N5OS/c20-19(21,22)13-5-4-6-14(11-13)24-12-17-25-26-18(29-10-9-16(23)28)27(17)15-7-2-1-3-8-15/h4-6,11,15,24H,1-3,7-10,12H2,(H2,23,28). The van der Waals surface area contributed by atoms with Crippen LogP contribution < -0.4 is 11.1 Å². The third-order valence-electron chi connectivity index (χ3n) is 4.90. The van der Waals surface area contributed by atoms with Gasteiger partial charge in [-0.1, -0.05) is 37.1 Å². The SMILES string of the molecule is NC(=O)CCSc1nnc(CNc2cccc(C(F)(F)F)c2)n1C1CCCCC1. The number of amides is 1. The van der Waals surface area contributed by atoms with E-state index in [2.05, 4.69) is 20.1 Å². The maximum Gasteiger partial charge on any atom is 0.416 e. The number of nitrogens with two attached hydrogens (primary N) is 1. The number of nitrogens with zero attached hydrogens (tertiary/aromatic N) is 3. The number of nitrogens with one attached hydrogen (secondary N) is 1. The lowest BCUT2D eigenvalue weighted by atomic mass is 9.95. The topological polar surface area (TPSA) is 85.8 Å². The molecule has 1 aromatic heterocycles. The lowest BCUT2D eigenvalue weighted by Crippen LogP contribution is -2.18. The molecular weight excluding hydrogens is 403 g/mol. The van der Waals surface area contributed by atoms with E-state index in [9.17, 15) is 18.0 Å². The summed E-state index contributed by atoms with van der Waals surface area (Å²) in [5.74, 6) is 0.824. The molecule has 3 rings (SSSR count). The van der Waals surface area contributed by atoms with Crippen LogP contribution in [0, 0.1) is 0 Å². The molecule has 1 aliphatic rings. The molecule has 1 heterocycles. The van der Waals surface area contributed by atoms with E-state index >= 15 is 0 Å². The van der Waals surface area contributed by atoms with Gasteiger partial charge in [0.15, 0.2) is 11.0 Å². The van der Waals surface area contributed by atoms with Gasteiger partial charge in [-0.15, -0.1) is 10.2 Å². The van der Waals surface area contributed by atoms with E-state index in [1.807, 2.05) is 0 Å². The van der Waals surface area contributed by atoms with E-state index in [1.165, 1.54) is 24.2 Å². The highest BCUT2D eigenvalue weighted by Gasteiger charge is 2.30. The molecule has 3 N–H and O–H groups in total. The van der Waals surface area contributed by atoms with Crippen molar-refractivity contribution in [1.29, 1.82) is 0 Å². The van der Waals surface area contributed by atoms with Gasteiger partial charge in [0.25, 0.3) is 0 Å². The predicted molar refractivity (Wildman–Crippen MR) is 105 cm³/mol. The number of halogens is 3. The van der Waals surface area contributed by atoms with E-state index in [1.54, 1.807) is 6.07 Å². The number of alkyl halides is 3. The first-order valence-corrected chi connectivity index (χ1v) is 10.6. The average molecular weight is 427 g/mol. The van der Waals surface area contributed by atoms with Crippen molar-refractivity contribution >= 4 is 23.4 Å². The molecule has 0 aliphatic heterocycles. The summed E-state index contributed by atoms with van der Waals surface area (Å²) >= 11 is 1.43. The molecule has 158 valence electrons. The van der Waals surface area contributed by atoms with Gasteiger partial charge < -0.3 is 15.6 Å². The van der Waals surface area contributed by atoms with Crippen LogP contribution >= 0.6 is 11.8 Å². The zero-order valence-corrected chi connectivity index (χ0v) is 16.7. The van der Waals surface area contributed by atoms with E-state index in [0.29, 0.717) is 17.3 Å². The molecule has 1 amide bonds. The molecular formula is C19H24F3N5OS. The molecule has 0 spiro atoms. The zero-order chi connectivity index (χ0) is 20.9. The summed E-state index contributed by atoms with van der Waals surface area (Å²) in [6, 6.07) is 5.36. The van der Waals surface area contributed by atoms with Gasteiger partial charge in [-0.05, 0) is 31.0 Å². The van der Waals surface area contributed by atoms with Gasteiger partial charge in [0, 0.05) is 23.9 Å². The fraction of sp³-hybridized carbons (Fsp3) is 0.526. The van der Waals surface area contributed by atoms with Crippen LogP contribution in [-0.2, 0) is 17.5 Å². The lowest BCUT2D eigenvalue weighted by Gasteiger charge is -2.25. The Kier molecular flexibility index (Phi) is 7.05. The molecule has 29 heavy (non-hydrogen) atoms. The van der Waals surface area contributed by atoms with E-state index in [4.69, 9.17) is 5.73 Å². The van der Waals surface area contributed by atoms with Gasteiger partial charge >= 0.3 is 6.18 Å². The molecule has 0 saturated heterocycles. The minimum absolute atomic E-state index is 0.250. The highest BCUT2D eigenvalue weighted by Crippen LogP contribution is 2.33. The molecule has 1 fully saturated rings. The van der Waals surface area contributed by atoms with Crippen molar-refractivity contribution in [2.24, 2.45) is 5.73 Å². The van der Waals surface area contributed by atoms with Crippen molar-refractivity contribution in [2.45, 2.75) is 62.4 Å². The summed E-state index contributed by atoms with van der Waals surface area (Å²) in [5.41, 5.74) is 4.89. The Bertz CT molecular complexity index is 833. The predicted octanol–water partition coefficient (Wildman–Crippen LogP) is 4.38. The number of anilines is 1. The monoisotopic (exact) mass is 427 g/mol. The average Bonchev–Trinajstić information content (AvgIpc) is 3.09. The lowest BCUT2D eigenvalue weighted by molar-refractivity contribution is -0.137. The molecule has 0 bridgehead atoms. The first-order valence-electron chi connectivity index (χ1n) is 9.60. The van der Waals surface area contributed by atoms with Crippen LogP contribution in [0.4, 0.5) is 18.9 Å². The van der Waals surface area contributed by atoms with Crippen molar-refractivity contribution in [1.82, 2.24) is 14.8 Å². The Balaban J connectivity index is 1.75. The number of hydrogen-bond donors (Lipinski definition) is 2. The molecule has 2 aromatic rings. The summed E-state index contributed by atoms with van der Waals surface area (Å²) < 4.78 is 40.9. The second kappa shape index (κ2) is 9.51.